The standard InChI is InChI=1S/C18H14F3NO2S2/c19-18(20,21)14-5-2-1-4-13(14)16(23)22-11-17(24,12-7-9-25-10-12)15-6-3-8-26-15/h1-10,24H,11H2,(H,22,23). The van der Waals surface area contributed by atoms with E-state index in [0.717, 1.165) is 12.1 Å². The van der Waals surface area contributed by atoms with Crippen LogP contribution in [-0.2, 0) is 11.8 Å². The summed E-state index contributed by atoms with van der Waals surface area (Å²) >= 11 is 2.69. The lowest BCUT2D eigenvalue weighted by atomic mass is 9.94. The third kappa shape index (κ3) is 3.67. The number of amides is 1. The zero-order valence-corrected chi connectivity index (χ0v) is 14.9. The van der Waals surface area contributed by atoms with Gasteiger partial charge in [-0.3, -0.25) is 4.79 Å². The molecule has 3 aromatic rings. The Morgan fingerprint density at radius 2 is 1.85 bits per heavy atom. The molecule has 136 valence electrons. The summed E-state index contributed by atoms with van der Waals surface area (Å²) in [7, 11) is 0. The van der Waals surface area contributed by atoms with Gasteiger partial charge < -0.3 is 10.4 Å². The maximum Gasteiger partial charge on any atom is 0.417 e. The van der Waals surface area contributed by atoms with E-state index < -0.39 is 28.8 Å². The van der Waals surface area contributed by atoms with Crippen molar-refractivity contribution in [1.82, 2.24) is 5.32 Å². The third-order valence-corrected chi connectivity index (χ3v) is 5.61. The Labute approximate surface area is 155 Å². The first-order chi connectivity index (χ1) is 12.3. The Morgan fingerprint density at radius 1 is 1.08 bits per heavy atom. The summed E-state index contributed by atoms with van der Waals surface area (Å²) in [6, 6.07) is 9.78. The fourth-order valence-electron chi connectivity index (χ4n) is 2.58. The molecule has 1 unspecified atom stereocenters. The average Bonchev–Trinajstić information content (AvgIpc) is 3.32. The summed E-state index contributed by atoms with van der Waals surface area (Å²) < 4.78 is 39.3. The number of aliphatic hydroxyl groups is 1. The molecule has 0 bridgehead atoms. The molecule has 0 radical (unpaired) electrons. The van der Waals surface area contributed by atoms with Crippen LogP contribution in [0.4, 0.5) is 13.2 Å². The smallest absolute Gasteiger partial charge is 0.378 e. The zero-order chi connectivity index (χ0) is 18.8. The lowest BCUT2D eigenvalue weighted by molar-refractivity contribution is -0.137. The van der Waals surface area contributed by atoms with Crippen molar-refractivity contribution in [2.45, 2.75) is 11.8 Å². The lowest BCUT2D eigenvalue weighted by Crippen LogP contribution is -2.41. The van der Waals surface area contributed by atoms with Gasteiger partial charge in [0, 0.05) is 10.4 Å². The Balaban J connectivity index is 1.86. The fourth-order valence-corrected chi connectivity index (χ4v) is 4.15. The highest BCUT2D eigenvalue weighted by molar-refractivity contribution is 7.10. The predicted octanol–water partition coefficient (Wildman–Crippen LogP) is 4.49. The van der Waals surface area contributed by atoms with E-state index in [1.807, 2.05) is 0 Å². The number of carbonyl (C=O) groups excluding carboxylic acids is 1. The summed E-state index contributed by atoms with van der Waals surface area (Å²) in [4.78, 5) is 13.0. The van der Waals surface area contributed by atoms with Crippen LogP contribution in [0, 0.1) is 0 Å². The molecule has 0 saturated heterocycles. The average molecular weight is 397 g/mol. The van der Waals surface area contributed by atoms with Crippen LogP contribution in [0.15, 0.2) is 58.6 Å². The van der Waals surface area contributed by atoms with Crippen molar-refractivity contribution < 1.29 is 23.1 Å². The highest BCUT2D eigenvalue weighted by Crippen LogP contribution is 2.34. The molecule has 8 heteroatoms. The summed E-state index contributed by atoms with van der Waals surface area (Å²) in [5, 5.41) is 18.9. The van der Waals surface area contributed by atoms with Gasteiger partial charge in [-0.15, -0.1) is 11.3 Å². The van der Waals surface area contributed by atoms with Crippen molar-refractivity contribution in [2.24, 2.45) is 0 Å². The molecule has 1 aromatic carbocycles. The minimum absolute atomic E-state index is 0.241. The van der Waals surface area contributed by atoms with Gasteiger partial charge >= 0.3 is 6.18 Å². The number of carbonyl (C=O) groups is 1. The van der Waals surface area contributed by atoms with Gasteiger partial charge in [0.05, 0.1) is 17.7 Å². The van der Waals surface area contributed by atoms with Crippen LogP contribution in [0.25, 0.3) is 0 Å². The number of hydrogen-bond donors (Lipinski definition) is 2. The molecule has 0 aliphatic rings. The van der Waals surface area contributed by atoms with E-state index in [1.165, 1.54) is 34.8 Å². The summed E-state index contributed by atoms with van der Waals surface area (Å²) in [6.07, 6.45) is -4.63. The molecule has 2 aromatic heterocycles. The Hall–Kier alpha value is -2.16. The number of rotatable bonds is 5. The van der Waals surface area contributed by atoms with Crippen molar-refractivity contribution >= 4 is 28.6 Å². The van der Waals surface area contributed by atoms with Gasteiger partial charge in [0.2, 0.25) is 0 Å². The second-order valence-electron chi connectivity index (χ2n) is 5.58. The predicted molar refractivity (Wildman–Crippen MR) is 95.4 cm³/mol. The van der Waals surface area contributed by atoms with Gasteiger partial charge in [0.25, 0.3) is 5.91 Å². The molecule has 0 saturated carbocycles. The van der Waals surface area contributed by atoms with E-state index in [0.29, 0.717) is 10.4 Å². The molecule has 2 heterocycles. The maximum atomic E-state index is 13.1. The van der Waals surface area contributed by atoms with Gasteiger partial charge in [0.1, 0.15) is 5.60 Å². The number of thiophene rings is 2. The van der Waals surface area contributed by atoms with Crippen LogP contribution in [-0.4, -0.2) is 17.6 Å². The Morgan fingerprint density at radius 3 is 2.46 bits per heavy atom. The van der Waals surface area contributed by atoms with Crippen molar-refractivity contribution in [3.8, 4) is 0 Å². The van der Waals surface area contributed by atoms with E-state index >= 15 is 0 Å². The van der Waals surface area contributed by atoms with E-state index in [2.05, 4.69) is 5.32 Å². The van der Waals surface area contributed by atoms with Gasteiger partial charge in [0.15, 0.2) is 0 Å². The number of hydrogen-bond acceptors (Lipinski definition) is 4. The van der Waals surface area contributed by atoms with E-state index in [4.69, 9.17) is 0 Å². The minimum Gasteiger partial charge on any atom is -0.378 e. The molecule has 0 spiro atoms. The van der Waals surface area contributed by atoms with Crippen LogP contribution in [0.2, 0.25) is 0 Å². The topological polar surface area (TPSA) is 49.3 Å². The van der Waals surface area contributed by atoms with Crippen molar-refractivity contribution in [3.05, 3.63) is 80.2 Å². The van der Waals surface area contributed by atoms with E-state index in [1.54, 1.807) is 34.3 Å². The third-order valence-electron chi connectivity index (χ3n) is 3.91. The van der Waals surface area contributed by atoms with E-state index in [-0.39, 0.29) is 6.54 Å². The largest absolute Gasteiger partial charge is 0.417 e. The summed E-state index contributed by atoms with van der Waals surface area (Å²) in [6.45, 7) is -0.241. The molecule has 1 amide bonds. The first-order valence-electron chi connectivity index (χ1n) is 7.56. The first kappa shape index (κ1) is 18.6. The van der Waals surface area contributed by atoms with Gasteiger partial charge in [-0.25, -0.2) is 0 Å². The Kier molecular flexibility index (Phi) is 5.17. The minimum atomic E-state index is -4.63. The van der Waals surface area contributed by atoms with Crippen LogP contribution in [0.5, 0.6) is 0 Å². The molecule has 2 N–H and O–H groups in total. The highest BCUT2D eigenvalue weighted by atomic mass is 32.1. The quantitative estimate of drug-likeness (QED) is 0.666. The fraction of sp³-hybridized carbons (Fsp3) is 0.167. The zero-order valence-electron chi connectivity index (χ0n) is 13.3. The number of alkyl halides is 3. The van der Waals surface area contributed by atoms with Crippen LogP contribution in [0.1, 0.15) is 26.4 Å². The molecule has 0 aliphatic carbocycles. The van der Waals surface area contributed by atoms with Gasteiger partial charge in [-0.2, -0.15) is 24.5 Å². The molecular weight excluding hydrogens is 383 g/mol. The van der Waals surface area contributed by atoms with Crippen molar-refractivity contribution in [1.29, 1.82) is 0 Å². The summed E-state index contributed by atoms with van der Waals surface area (Å²) in [5.74, 6) is -0.886. The molecular formula is C18H14F3NO2S2. The number of halogens is 3. The second-order valence-corrected chi connectivity index (χ2v) is 7.30. The first-order valence-corrected chi connectivity index (χ1v) is 9.38. The molecule has 3 rings (SSSR count). The molecule has 1 atom stereocenters. The molecule has 26 heavy (non-hydrogen) atoms. The monoisotopic (exact) mass is 397 g/mol. The maximum absolute atomic E-state index is 13.1. The number of benzene rings is 1. The highest BCUT2D eigenvalue weighted by Gasteiger charge is 2.37. The number of nitrogens with one attached hydrogen (secondary N) is 1. The summed E-state index contributed by atoms with van der Waals surface area (Å²) in [5.41, 5.74) is -2.40. The van der Waals surface area contributed by atoms with Crippen LogP contribution < -0.4 is 5.32 Å². The van der Waals surface area contributed by atoms with Gasteiger partial charge in [-0.1, -0.05) is 18.2 Å². The molecule has 0 fully saturated rings. The molecule has 0 aliphatic heterocycles. The Bertz CT molecular complexity index is 840. The van der Waals surface area contributed by atoms with Crippen molar-refractivity contribution in [2.75, 3.05) is 6.54 Å². The lowest BCUT2D eigenvalue weighted by Gasteiger charge is -2.27. The van der Waals surface area contributed by atoms with Gasteiger partial charge in [-0.05, 0) is 40.4 Å². The van der Waals surface area contributed by atoms with E-state index in [9.17, 15) is 23.1 Å². The van der Waals surface area contributed by atoms with Crippen LogP contribution >= 0.6 is 22.7 Å². The molecule has 3 nitrogen and oxygen atoms in total. The SMILES string of the molecule is O=C(NCC(O)(c1ccsc1)c1cccs1)c1ccccc1C(F)(F)F. The second kappa shape index (κ2) is 7.22. The van der Waals surface area contributed by atoms with Crippen LogP contribution in [0.3, 0.4) is 0 Å². The van der Waals surface area contributed by atoms with Crippen molar-refractivity contribution in [3.63, 3.8) is 0 Å². The normalized spacial score (nSPS) is 14.0.